The summed E-state index contributed by atoms with van der Waals surface area (Å²) in [4.78, 5) is 17.7. The molecular weight excluding hydrogens is 468 g/mol. The maximum absolute atomic E-state index is 13.3. The first-order valence-electron chi connectivity index (χ1n) is 12.1. The Morgan fingerprint density at radius 2 is 1.75 bits per heavy atom. The van der Waals surface area contributed by atoms with Gasteiger partial charge in [0.1, 0.15) is 5.54 Å². The number of aromatic nitrogens is 3. The van der Waals surface area contributed by atoms with Gasteiger partial charge < -0.3 is 14.9 Å². The van der Waals surface area contributed by atoms with E-state index in [-0.39, 0.29) is 5.56 Å². The summed E-state index contributed by atoms with van der Waals surface area (Å²) in [5.41, 5.74) is 12.6. The zero-order chi connectivity index (χ0) is 25.4. The van der Waals surface area contributed by atoms with Crippen molar-refractivity contribution in [1.29, 1.82) is 0 Å². The monoisotopic (exact) mass is 496 g/mol. The average Bonchev–Trinajstić information content (AvgIpc) is 3.32. The number of imidazole rings is 1. The number of halogens is 1. The standard InChI is InChI=1S/C30H29ClN4O/c1-4-7-20-8-5-9-21(16-20)25-17-28(36)35(3)29-24(25)10-6-11-26(29)30(32,27-18-33-19-34(27)2)22-12-14-23(31)15-13-22/h5-6,8-19H,4,7,32H2,1-3H3. The van der Waals surface area contributed by atoms with Crippen LogP contribution in [-0.4, -0.2) is 14.1 Å². The van der Waals surface area contributed by atoms with E-state index in [2.05, 4.69) is 42.2 Å². The highest BCUT2D eigenvalue weighted by Gasteiger charge is 2.37. The Balaban J connectivity index is 1.86. The minimum absolute atomic E-state index is 0.0886. The molecule has 0 aliphatic heterocycles. The fourth-order valence-corrected chi connectivity index (χ4v) is 5.29. The molecule has 182 valence electrons. The SMILES string of the molecule is CCCc1cccc(-c2cc(=O)n(C)c3c(C(N)(c4ccc(Cl)cc4)c4cncn4C)cccc23)c1. The maximum Gasteiger partial charge on any atom is 0.251 e. The molecule has 0 radical (unpaired) electrons. The van der Waals surface area contributed by atoms with Crippen molar-refractivity contribution in [3.8, 4) is 11.1 Å². The molecule has 0 aliphatic rings. The number of nitrogens with two attached hydrogens (primary N) is 1. The van der Waals surface area contributed by atoms with E-state index in [9.17, 15) is 4.79 Å². The highest BCUT2D eigenvalue weighted by molar-refractivity contribution is 6.30. The Labute approximate surface area is 215 Å². The van der Waals surface area contributed by atoms with Crippen LogP contribution in [0.5, 0.6) is 0 Å². The zero-order valence-corrected chi connectivity index (χ0v) is 21.5. The molecule has 0 saturated carbocycles. The van der Waals surface area contributed by atoms with Gasteiger partial charge in [0, 0.05) is 36.1 Å². The highest BCUT2D eigenvalue weighted by atomic mass is 35.5. The quantitative estimate of drug-likeness (QED) is 0.323. The maximum atomic E-state index is 13.3. The van der Waals surface area contributed by atoms with Gasteiger partial charge in [-0.15, -0.1) is 0 Å². The van der Waals surface area contributed by atoms with Crippen LogP contribution in [-0.2, 0) is 26.1 Å². The molecule has 0 aliphatic carbocycles. The molecule has 0 bridgehead atoms. The summed E-state index contributed by atoms with van der Waals surface area (Å²) in [6, 6.07) is 23.8. The lowest BCUT2D eigenvalue weighted by molar-refractivity contribution is 0.597. The van der Waals surface area contributed by atoms with Crippen LogP contribution in [0.15, 0.2) is 90.1 Å². The van der Waals surface area contributed by atoms with Gasteiger partial charge in [-0.25, -0.2) is 4.98 Å². The molecule has 0 amide bonds. The predicted octanol–water partition coefficient (Wildman–Crippen LogP) is 5.80. The van der Waals surface area contributed by atoms with Gasteiger partial charge in [-0.3, -0.25) is 4.79 Å². The Kier molecular flexibility index (Phi) is 6.29. The Bertz CT molecular complexity index is 1620. The smallest absolute Gasteiger partial charge is 0.251 e. The van der Waals surface area contributed by atoms with Crippen molar-refractivity contribution in [1.82, 2.24) is 14.1 Å². The lowest BCUT2D eigenvalue weighted by Crippen LogP contribution is -2.41. The second-order valence-electron chi connectivity index (χ2n) is 9.31. The summed E-state index contributed by atoms with van der Waals surface area (Å²) in [5, 5.41) is 1.60. The van der Waals surface area contributed by atoms with E-state index in [1.807, 2.05) is 48.0 Å². The molecule has 5 aromatic rings. The average molecular weight is 497 g/mol. The molecule has 0 fully saturated rings. The third-order valence-corrected chi connectivity index (χ3v) is 7.23. The number of aryl methyl sites for hydroxylation is 3. The summed E-state index contributed by atoms with van der Waals surface area (Å²) >= 11 is 6.22. The van der Waals surface area contributed by atoms with Crippen LogP contribution >= 0.6 is 11.6 Å². The summed E-state index contributed by atoms with van der Waals surface area (Å²) in [6.07, 6.45) is 5.57. The fraction of sp³-hybridized carbons (Fsp3) is 0.200. The fourth-order valence-electron chi connectivity index (χ4n) is 5.16. The van der Waals surface area contributed by atoms with Gasteiger partial charge in [0.05, 0.1) is 23.7 Å². The normalized spacial score (nSPS) is 13.1. The molecule has 1 unspecified atom stereocenters. The molecule has 2 aromatic heterocycles. The number of fused-ring (bicyclic) bond motifs is 1. The van der Waals surface area contributed by atoms with Gasteiger partial charge in [0.2, 0.25) is 0 Å². The number of para-hydroxylation sites is 1. The third kappa shape index (κ3) is 3.94. The molecular formula is C30H29ClN4O. The van der Waals surface area contributed by atoms with E-state index in [0.717, 1.165) is 51.7 Å². The molecule has 2 N–H and O–H groups in total. The molecule has 0 saturated heterocycles. The molecule has 1 atom stereocenters. The number of nitrogens with zero attached hydrogens (tertiary/aromatic N) is 3. The first-order chi connectivity index (χ1) is 17.3. The topological polar surface area (TPSA) is 65.8 Å². The van der Waals surface area contributed by atoms with Crippen LogP contribution in [0.2, 0.25) is 5.02 Å². The molecule has 36 heavy (non-hydrogen) atoms. The second kappa shape index (κ2) is 9.41. The van der Waals surface area contributed by atoms with Crippen molar-refractivity contribution in [2.45, 2.75) is 25.3 Å². The molecule has 0 spiro atoms. The first-order valence-corrected chi connectivity index (χ1v) is 12.5. The van der Waals surface area contributed by atoms with Crippen molar-refractivity contribution >= 4 is 22.5 Å². The van der Waals surface area contributed by atoms with Crippen LogP contribution in [0.3, 0.4) is 0 Å². The third-order valence-electron chi connectivity index (χ3n) is 6.98. The number of benzene rings is 3. The van der Waals surface area contributed by atoms with E-state index < -0.39 is 5.54 Å². The molecule has 5 rings (SSSR count). The number of pyridine rings is 1. The molecule has 3 aromatic carbocycles. The van der Waals surface area contributed by atoms with Gasteiger partial charge in [-0.05, 0) is 40.8 Å². The summed E-state index contributed by atoms with van der Waals surface area (Å²) in [6.45, 7) is 2.17. The van der Waals surface area contributed by atoms with Gasteiger partial charge >= 0.3 is 0 Å². The first kappa shape index (κ1) is 24.0. The number of hydrogen-bond donors (Lipinski definition) is 1. The largest absolute Gasteiger partial charge is 0.336 e. The lowest BCUT2D eigenvalue weighted by Gasteiger charge is -2.33. The minimum atomic E-state index is -1.08. The predicted molar refractivity (Wildman–Crippen MR) is 147 cm³/mol. The van der Waals surface area contributed by atoms with Gasteiger partial charge in [-0.1, -0.05) is 79.5 Å². The van der Waals surface area contributed by atoms with Crippen LogP contribution < -0.4 is 11.3 Å². The zero-order valence-electron chi connectivity index (χ0n) is 20.7. The minimum Gasteiger partial charge on any atom is -0.336 e. The van der Waals surface area contributed by atoms with Gasteiger partial charge in [0.25, 0.3) is 5.56 Å². The van der Waals surface area contributed by atoms with Crippen LogP contribution in [0.1, 0.15) is 35.7 Å². The second-order valence-corrected chi connectivity index (χ2v) is 9.75. The van der Waals surface area contributed by atoms with Gasteiger partial charge in [-0.2, -0.15) is 0 Å². The van der Waals surface area contributed by atoms with Crippen molar-refractivity contribution in [2.24, 2.45) is 19.8 Å². The van der Waals surface area contributed by atoms with E-state index in [1.165, 1.54) is 5.56 Å². The summed E-state index contributed by atoms with van der Waals surface area (Å²) in [7, 11) is 3.73. The summed E-state index contributed by atoms with van der Waals surface area (Å²) in [5.74, 6) is 0. The van der Waals surface area contributed by atoms with E-state index >= 15 is 0 Å². The van der Waals surface area contributed by atoms with Crippen molar-refractivity contribution in [3.63, 3.8) is 0 Å². The Hall–Kier alpha value is -3.67. The molecule has 2 heterocycles. The Morgan fingerprint density at radius 3 is 2.44 bits per heavy atom. The van der Waals surface area contributed by atoms with Crippen LogP contribution in [0.25, 0.3) is 22.0 Å². The van der Waals surface area contributed by atoms with E-state index in [1.54, 1.807) is 30.2 Å². The number of rotatable bonds is 6. The lowest BCUT2D eigenvalue weighted by atomic mass is 9.79. The van der Waals surface area contributed by atoms with Crippen LogP contribution in [0.4, 0.5) is 0 Å². The highest BCUT2D eigenvalue weighted by Crippen LogP contribution is 2.39. The molecule has 6 heteroatoms. The summed E-state index contributed by atoms with van der Waals surface area (Å²) < 4.78 is 3.61. The van der Waals surface area contributed by atoms with Gasteiger partial charge in [0.15, 0.2) is 0 Å². The van der Waals surface area contributed by atoms with Crippen molar-refractivity contribution in [2.75, 3.05) is 0 Å². The number of hydrogen-bond acceptors (Lipinski definition) is 3. The van der Waals surface area contributed by atoms with E-state index in [0.29, 0.717) is 5.02 Å². The van der Waals surface area contributed by atoms with E-state index in [4.69, 9.17) is 17.3 Å². The van der Waals surface area contributed by atoms with Crippen molar-refractivity contribution in [3.05, 3.63) is 123 Å². The van der Waals surface area contributed by atoms with Crippen LogP contribution in [0, 0.1) is 0 Å². The Morgan fingerprint density at radius 1 is 1.00 bits per heavy atom. The van der Waals surface area contributed by atoms with Crippen molar-refractivity contribution < 1.29 is 0 Å². The molecule has 5 nitrogen and oxygen atoms in total.